The van der Waals surface area contributed by atoms with Crippen LogP contribution in [0.1, 0.15) is 88.4 Å². The third-order valence-corrected chi connectivity index (χ3v) is 7.16. The van der Waals surface area contributed by atoms with Gasteiger partial charge in [0, 0.05) is 23.3 Å². The summed E-state index contributed by atoms with van der Waals surface area (Å²) in [6, 6.07) is 6.45. The lowest BCUT2D eigenvalue weighted by atomic mass is 9.77. The van der Waals surface area contributed by atoms with Crippen LogP contribution in [0.15, 0.2) is 18.2 Å². The minimum atomic E-state index is -0.350. The SMILES string of the molecule is COC(=O)c1ccc(N2C(C)CCC2(C)C2CCCCCCCC2)cc1OC. The highest BCUT2D eigenvalue weighted by Gasteiger charge is 2.46. The lowest BCUT2D eigenvalue weighted by Gasteiger charge is -2.45. The molecule has 1 saturated carbocycles. The summed E-state index contributed by atoms with van der Waals surface area (Å²) in [5, 5.41) is 0. The molecule has 4 nitrogen and oxygen atoms in total. The molecule has 1 saturated heterocycles. The Morgan fingerprint density at radius 2 is 1.68 bits per heavy atom. The first kappa shape index (κ1) is 21.0. The predicted octanol–water partition coefficient (Wildman–Crippen LogP) is 5.98. The fraction of sp³-hybridized carbons (Fsp3) is 0.708. The van der Waals surface area contributed by atoms with Crippen molar-refractivity contribution in [2.24, 2.45) is 5.92 Å². The van der Waals surface area contributed by atoms with Gasteiger partial charge in [-0.05, 0) is 57.6 Å². The zero-order chi connectivity index (χ0) is 20.1. The molecule has 1 aromatic carbocycles. The maximum absolute atomic E-state index is 12.1. The number of benzene rings is 1. The average molecular weight is 388 g/mol. The van der Waals surface area contributed by atoms with Crippen molar-refractivity contribution < 1.29 is 14.3 Å². The molecule has 1 aliphatic carbocycles. The van der Waals surface area contributed by atoms with Crippen LogP contribution in [0.2, 0.25) is 0 Å². The van der Waals surface area contributed by atoms with E-state index in [1.54, 1.807) is 7.11 Å². The summed E-state index contributed by atoms with van der Waals surface area (Å²) in [4.78, 5) is 14.7. The highest BCUT2D eigenvalue weighted by atomic mass is 16.5. The second-order valence-electron chi connectivity index (χ2n) is 8.89. The van der Waals surface area contributed by atoms with E-state index in [1.807, 2.05) is 12.1 Å². The summed E-state index contributed by atoms with van der Waals surface area (Å²) in [5.41, 5.74) is 1.82. The van der Waals surface area contributed by atoms with Crippen LogP contribution in [0.3, 0.4) is 0 Å². The number of hydrogen-bond acceptors (Lipinski definition) is 4. The van der Waals surface area contributed by atoms with E-state index in [2.05, 4.69) is 24.8 Å². The highest BCUT2D eigenvalue weighted by molar-refractivity contribution is 5.93. The number of carbonyl (C=O) groups is 1. The van der Waals surface area contributed by atoms with E-state index < -0.39 is 0 Å². The Labute approximate surface area is 170 Å². The van der Waals surface area contributed by atoms with Gasteiger partial charge < -0.3 is 14.4 Å². The lowest BCUT2D eigenvalue weighted by Crippen LogP contribution is -2.50. The van der Waals surface area contributed by atoms with Gasteiger partial charge in [0.25, 0.3) is 0 Å². The molecule has 1 aromatic rings. The number of esters is 1. The highest BCUT2D eigenvalue weighted by Crippen LogP contribution is 2.47. The third-order valence-electron chi connectivity index (χ3n) is 7.16. The third kappa shape index (κ3) is 4.16. The fourth-order valence-electron chi connectivity index (χ4n) is 5.57. The number of anilines is 1. The molecule has 2 atom stereocenters. The first-order valence-corrected chi connectivity index (χ1v) is 11.1. The molecule has 2 unspecified atom stereocenters. The number of hydrogen-bond donors (Lipinski definition) is 0. The Kier molecular flexibility index (Phi) is 6.90. The van der Waals surface area contributed by atoms with Crippen LogP contribution in [-0.4, -0.2) is 31.8 Å². The number of methoxy groups -OCH3 is 2. The molecule has 0 bridgehead atoms. The van der Waals surface area contributed by atoms with Gasteiger partial charge >= 0.3 is 5.97 Å². The largest absolute Gasteiger partial charge is 0.496 e. The van der Waals surface area contributed by atoms with E-state index in [0.717, 1.165) is 11.6 Å². The maximum atomic E-state index is 12.1. The van der Waals surface area contributed by atoms with Crippen LogP contribution in [-0.2, 0) is 4.74 Å². The van der Waals surface area contributed by atoms with E-state index in [0.29, 0.717) is 17.4 Å². The van der Waals surface area contributed by atoms with Crippen molar-refractivity contribution in [2.75, 3.05) is 19.1 Å². The zero-order valence-electron chi connectivity index (χ0n) is 18.1. The predicted molar refractivity (Wildman–Crippen MR) is 114 cm³/mol. The molecule has 4 heteroatoms. The van der Waals surface area contributed by atoms with Gasteiger partial charge in [-0.3, -0.25) is 0 Å². The topological polar surface area (TPSA) is 38.8 Å². The number of nitrogens with zero attached hydrogens (tertiary/aromatic N) is 1. The van der Waals surface area contributed by atoms with Crippen LogP contribution in [0.25, 0.3) is 0 Å². The van der Waals surface area contributed by atoms with Gasteiger partial charge in [-0.25, -0.2) is 4.79 Å². The smallest absolute Gasteiger partial charge is 0.341 e. The van der Waals surface area contributed by atoms with E-state index in [1.165, 1.54) is 71.3 Å². The van der Waals surface area contributed by atoms with Crippen molar-refractivity contribution in [3.63, 3.8) is 0 Å². The molecule has 156 valence electrons. The van der Waals surface area contributed by atoms with Gasteiger partial charge in [0.05, 0.1) is 14.2 Å². The normalized spacial score (nSPS) is 27.0. The molecular weight excluding hydrogens is 350 g/mol. The van der Waals surface area contributed by atoms with Gasteiger partial charge in [0.1, 0.15) is 11.3 Å². The first-order chi connectivity index (χ1) is 13.5. The monoisotopic (exact) mass is 387 g/mol. The van der Waals surface area contributed by atoms with Crippen molar-refractivity contribution in [1.82, 2.24) is 0 Å². The Morgan fingerprint density at radius 3 is 2.29 bits per heavy atom. The van der Waals surface area contributed by atoms with Gasteiger partial charge in [0.15, 0.2) is 0 Å². The number of rotatable bonds is 4. The van der Waals surface area contributed by atoms with Crippen LogP contribution in [0.5, 0.6) is 5.75 Å². The molecule has 28 heavy (non-hydrogen) atoms. The molecule has 1 aliphatic heterocycles. The number of carbonyl (C=O) groups excluding carboxylic acids is 1. The molecule has 2 aliphatic rings. The zero-order valence-corrected chi connectivity index (χ0v) is 18.1. The van der Waals surface area contributed by atoms with E-state index in [-0.39, 0.29) is 11.5 Å². The van der Waals surface area contributed by atoms with Gasteiger partial charge in [-0.15, -0.1) is 0 Å². The van der Waals surface area contributed by atoms with E-state index >= 15 is 0 Å². The first-order valence-electron chi connectivity index (χ1n) is 11.1. The molecule has 0 aromatic heterocycles. The Morgan fingerprint density at radius 1 is 1.04 bits per heavy atom. The molecule has 0 spiro atoms. The summed E-state index contributed by atoms with van der Waals surface area (Å²) in [7, 11) is 3.03. The Balaban J connectivity index is 1.92. The van der Waals surface area contributed by atoms with Crippen LogP contribution < -0.4 is 9.64 Å². The molecule has 3 rings (SSSR count). The van der Waals surface area contributed by atoms with Crippen molar-refractivity contribution >= 4 is 11.7 Å². The van der Waals surface area contributed by atoms with Crippen LogP contribution in [0.4, 0.5) is 5.69 Å². The average Bonchev–Trinajstić information content (AvgIpc) is 3.09. The molecular formula is C24H37NO3. The summed E-state index contributed by atoms with van der Waals surface area (Å²) >= 11 is 0. The second kappa shape index (κ2) is 9.19. The van der Waals surface area contributed by atoms with Crippen molar-refractivity contribution in [3.05, 3.63) is 23.8 Å². The van der Waals surface area contributed by atoms with E-state index in [4.69, 9.17) is 9.47 Å². The van der Waals surface area contributed by atoms with Gasteiger partial charge in [-0.1, -0.05) is 38.5 Å². The van der Waals surface area contributed by atoms with Gasteiger partial charge in [-0.2, -0.15) is 0 Å². The van der Waals surface area contributed by atoms with Crippen LogP contribution in [0, 0.1) is 5.92 Å². The Bertz CT molecular complexity index is 664. The van der Waals surface area contributed by atoms with Crippen molar-refractivity contribution in [2.45, 2.75) is 89.6 Å². The van der Waals surface area contributed by atoms with Gasteiger partial charge in [0.2, 0.25) is 0 Å². The molecule has 0 N–H and O–H groups in total. The van der Waals surface area contributed by atoms with Crippen molar-refractivity contribution in [3.8, 4) is 5.75 Å². The number of ether oxygens (including phenoxy) is 2. The molecule has 0 radical (unpaired) electrons. The Hall–Kier alpha value is -1.71. The standard InChI is InChI=1S/C24H37NO3/c1-18-15-16-24(2,19-11-9-7-5-6-8-10-12-19)25(18)20-13-14-21(23(26)28-4)22(17-20)27-3/h13-14,17-19H,5-12,15-16H2,1-4H3. The summed E-state index contributed by atoms with van der Waals surface area (Å²) in [5.74, 6) is 0.971. The van der Waals surface area contributed by atoms with Crippen LogP contribution >= 0.6 is 0 Å². The molecule has 0 amide bonds. The minimum absolute atomic E-state index is 0.168. The molecule has 2 fully saturated rings. The maximum Gasteiger partial charge on any atom is 0.341 e. The summed E-state index contributed by atoms with van der Waals surface area (Å²) < 4.78 is 10.4. The fourth-order valence-corrected chi connectivity index (χ4v) is 5.57. The summed E-state index contributed by atoms with van der Waals surface area (Å²) in [6.45, 7) is 4.81. The van der Waals surface area contributed by atoms with Crippen molar-refractivity contribution in [1.29, 1.82) is 0 Å². The molecule has 1 heterocycles. The lowest BCUT2D eigenvalue weighted by molar-refractivity contribution is 0.0597. The van der Waals surface area contributed by atoms with E-state index in [9.17, 15) is 4.79 Å². The summed E-state index contributed by atoms with van der Waals surface area (Å²) in [6.07, 6.45) is 13.4. The quantitative estimate of drug-likeness (QED) is 0.596. The minimum Gasteiger partial charge on any atom is -0.496 e. The second-order valence-corrected chi connectivity index (χ2v) is 8.89.